The molecule has 3 fully saturated rings. The average Bonchev–Trinajstić information content (AvgIpc) is 2.99. The molecule has 2 nitrogen and oxygen atoms in total. The fourth-order valence-electron chi connectivity index (χ4n) is 4.40. The minimum atomic E-state index is -0.164. The molecule has 1 saturated heterocycles. The Morgan fingerprint density at radius 2 is 2.17 bits per heavy atom. The zero-order chi connectivity index (χ0) is 12.2. The standard InChI is InChI=1S/C15H19FN2/c16-12-1-3-13(4-2-12)18-8-14-10-5-11-6-15(11,14)9-17-7-10/h1-4,10-11,14,17-18H,5-9H2/t10-,11?,14-,15?/m0/s1. The maximum Gasteiger partial charge on any atom is 0.123 e. The molecule has 1 heterocycles. The van der Waals surface area contributed by atoms with Gasteiger partial charge in [0.15, 0.2) is 0 Å². The van der Waals surface area contributed by atoms with Crippen LogP contribution in [0.3, 0.4) is 0 Å². The highest BCUT2D eigenvalue weighted by molar-refractivity contribution is 5.43. The zero-order valence-corrected chi connectivity index (χ0v) is 10.5. The van der Waals surface area contributed by atoms with Gasteiger partial charge in [-0.05, 0) is 66.8 Å². The first-order valence-electron chi connectivity index (χ1n) is 6.98. The van der Waals surface area contributed by atoms with Gasteiger partial charge in [-0.2, -0.15) is 0 Å². The second-order valence-corrected chi connectivity index (χ2v) is 6.26. The SMILES string of the molecule is Fc1ccc(NC[C@H]2[C@@H]3CNCC24CC4C3)cc1. The lowest BCUT2D eigenvalue weighted by Gasteiger charge is -2.35. The lowest BCUT2D eigenvalue weighted by atomic mass is 9.80. The molecule has 2 unspecified atom stereocenters. The van der Waals surface area contributed by atoms with Gasteiger partial charge in [0.1, 0.15) is 5.82 Å². The molecule has 3 aliphatic rings. The van der Waals surface area contributed by atoms with Crippen LogP contribution in [0.2, 0.25) is 0 Å². The van der Waals surface area contributed by atoms with E-state index in [1.54, 1.807) is 0 Å². The molecule has 1 spiro atoms. The Labute approximate surface area is 107 Å². The summed E-state index contributed by atoms with van der Waals surface area (Å²) in [6.07, 6.45) is 2.84. The largest absolute Gasteiger partial charge is 0.385 e. The molecule has 0 amide bonds. The molecule has 2 bridgehead atoms. The molecular weight excluding hydrogens is 227 g/mol. The van der Waals surface area contributed by atoms with Gasteiger partial charge in [0.2, 0.25) is 0 Å². The number of nitrogens with one attached hydrogen (secondary N) is 2. The Hall–Kier alpha value is -1.09. The Bertz CT molecular complexity index is 458. The van der Waals surface area contributed by atoms with Crippen molar-refractivity contribution in [2.24, 2.45) is 23.2 Å². The summed E-state index contributed by atoms with van der Waals surface area (Å²) in [5.74, 6) is 2.49. The molecule has 4 atom stereocenters. The lowest BCUT2D eigenvalue weighted by molar-refractivity contribution is 0.205. The molecule has 3 heteroatoms. The minimum Gasteiger partial charge on any atom is -0.385 e. The van der Waals surface area contributed by atoms with Crippen LogP contribution in [0.1, 0.15) is 12.8 Å². The number of piperidine rings is 1. The molecule has 1 aliphatic heterocycles. The molecule has 18 heavy (non-hydrogen) atoms. The molecule has 96 valence electrons. The molecule has 1 aromatic rings. The van der Waals surface area contributed by atoms with Gasteiger partial charge >= 0.3 is 0 Å². The van der Waals surface area contributed by atoms with Crippen molar-refractivity contribution < 1.29 is 4.39 Å². The summed E-state index contributed by atoms with van der Waals surface area (Å²) in [6.45, 7) is 3.45. The van der Waals surface area contributed by atoms with Crippen LogP contribution in [0, 0.1) is 29.0 Å². The van der Waals surface area contributed by atoms with E-state index in [0.29, 0.717) is 5.41 Å². The number of rotatable bonds is 3. The van der Waals surface area contributed by atoms with E-state index >= 15 is 0 Å². The van der Waals surface area contributed by atoms with Crippen LogP contribution in [-0.2, 0) is 0 Å². The van der Waals surface area contributed by atoms with E-state index in [4.69, 9.17) is 0 Å². The normalized spacial score (nSPS) is 40.4. The van der Waals surface area contributed by atoms with Gasteiger partial charge < -0.3 is 10.6 Å². The van der Waals surface area contributed by atoms with Gasteiger partial charge in [-0.25, -0.2) is 4.39 Å². The summed E-state index contributed by atoms with van der Waals surface area (Å²) in [5.41, 5.74) is 1.65. The predicted molar refractivity (Wildman–Crippen MR) is 69.9 cm³/mol. The monoisotopic (exact) mass is 246 g/mol. The Kier molecular flexibility index (Phi) is 2.22. The van der Waals surface area contributed by atoms with E-state index < -0.39 is 0 Å². The highest BCUT2D eigenvalue weighted by atomic mass is 19.1. The first-order valence-corrected chi connectivity index (χ1v) is 6.98. The van der Waals surface area contributed by atoms with Gasteiger partial charge in [-0.15, -0.1) is 0 Å². The van der Waals surface area contributed by atoms with Gasteiger partial charge in [0.05, 0.1) is 0 Å². The van der Waals surface area contributed by atoms with Crippen molar-refractivity contribution in [3.05, 3.63) is 30.1 Å². The maximum absolute atomic E-state index is 12.8. The summed E-state index contributed by atoms with van der Waals surface area (Å²) in [4.78, 5) is 0. The van der Waals surface area contributed by atoms with Crippen molar-refractivity contribution in [2.45, 2.75) is 12.8 Å². The quantitative estimate of drug-likeness (QED) is 0.856. The van der Waals surface area contributed by atoms with E-state index in [1.807, 2.05) is 12.1 Å². The number of hydrogen-bond acceptors (Lipinski definition) is 2. The van der Waals surface area contributed by atoms with E-state index in [1.165, 1.54) is 38.1 Å². The van der Waals surface area contributed by atoms with Crippen molar-refractivity contribution >= 4 is 5.69 Å². The first kappa shape index (κ1) is 10.8. The molecule has 2 saturated carbocycles. The van der Waals surface area contributed by atoms with Crippen LogP contribution in [-0.4, -0.2) is 19.6 Å². The van der Waals surface area contributed by atoms with Crippen molar-refractivity contribution in [3.63, 3.8) is 0 Å². The average molecular weight is 246 g/mol. The lowest BCUT2D eigenvalue weighted by Crippen LogP contribution is -2.44. The third-order valence-electron chi connectivity index (χ3n) is 5.41. The van der Waals surface area contributed by atoms with Crippen LogP contribution in [0.15, 0.2) is 24.3 Å². The Balaban J connectivity index is 1.45. The van der Waals surface area contributed by atoms with Crippen molar-refractivity contribution in [1.29, 1.82) is 0 Å². The number of hydrogen-bond donors (Lipinski definition) is 2. The smallest absolute Gasteiger partial charge is 0.123 e. The maximum atomic E-state index is 12.8. The minimum absolute atomic E-state index is 0.164. The highest BCUT2D eigenvalue weighted by Gasteiger charge is 2.66. The van der Waals surface area contributed by atoms with Crippen molar-refractivity contribution in [3.8, 4) is 0 Å². The summed E-state index contributed by atoms with van der Waals surface area (Å²) >= 11 is 0. The van der Waals surface area contributed by atoms with Gasteiger partial charge in [-0.3, -0.25) is 0 Å². The molecule has 2 N–H and O–H groups in total. The highest BCUT2D eigenvalue weighted by Crippen LogP contribution is 2.69. The summed E-state index contributed by atoms with van der Waals surface area (Å²) in [6, 6.07) is 6.72. The summed E-state index contributed by atoms with van der Waals surface area (Å²) < 4.78 is 12.8. The number of fused-ring (bicyclic) bond motifs is 1. The van der Waals surface area contributed by atoms with E-state index in [2.05, 4.69) is 10.6 Å². The Morgan fingerprint density at radius 1 is 1.33 bits per heavy atom. The second-order valence-electron chi connectivity index (χ2n) is 6.26. The molecule has 4 rings (SSSR count). The topological polar surface area (TPSA) is 24.1 Å². The van der Waals surface area contributed by atoms with Gasteiger partial charge in [-0.1, -0.05) is 0 Å². The fourth-order valence-corrected chi connectivity index (χ4v) is 4.40. The van der Waals surface area contributed by atoms with Crippen LogP contribution in [0.25, 0.3) is 0 Å². The van der Waals surface area contributed by atoms with Crippen LogP contribution >= 0.6 is 0 Å². The molecular formula is C15H19FN2. The summed E-state index contributed by atoms with van der Waals surface area (Å²) in [7, 11) is 0. The number of halogens is 1. The molecule has 1 aromatic carbocycles. The second kappa shape index (κ2) is 3.70. The number of anilines is 1. The number of benzene rings is 1. The van der Waals surface area contributed by atoms with Crippen molar-refractivity contribution in [2.75, 3.05) is 25.0 Å². The summed E-state index contributed by atoms with van der Waals surface area (Å²) in [5, 5.41) is 7.09. The van der Waals surface area contributed by atoms with Crippen LogP contribution < -0.4 is 10.6 Å². The van der Waals surface area contributed by atoms with Gasteiger partial charge in [0, 0.05) is 18.8 Å². The third-order valence-corrected chi connectivity index (χ3v) is 5.41. The predicted octanol–water partition coefficient (Wildman–Crippen LogP) is 2.48. The van der Waals surface area contributed by atoms with Crippen LogP contribution in [0.5, 0.6) is 0 Å². The van der Waals surface area contributed by atoms with E-state index in [-0.39, 0.29) is 5.82 Å². The Morgan fingerprint density at radius 3 is 2.94 bits per heavy atom. The van der Waals surface area contributed by atoms with Gasteiger partial charge in [0.25, 0.3) is 0 Å². The van der Waals surface area contributed by atoms with Crippen LogP contribution in [0.4, 0.5) is 10.1 Å². The molecule has 0 radical (unpaired) electrons. The third kappa shape index (κ3) is 1.50. The fraction of sp³-hybridized carbons (Fsp3) is 0.600. The first-order chi connectivity index (χ1) is 8.78. The van der Waals surface area contributed by atoms with E-state index in [0.717, 1.165) is 30.0 Å². The molecule has 2 aliphatic carbocycles. The molecule has 0 aromatic heterocycles. The zero-order valence-electron chi connectivity index (χ0n) is 10.5. The van der Waals surface area contributed by atoms with E-state index in [9.17, 15) is 4.39 Å². The van der Waals surface area contributed by atoms with Crippen molar-refractivity contribution in [1.82, 2.24) is 5.32 Å².